The van der Waals surface area contributed by atoms with Gasteiger partial charge < -0.3 is 15.5 Å². The lowest BCUT2D eigenvalue weighted by molar-refractivity contribution is 0.204. The van der Waals surface area contributed by atoms with Crippen molar-refractivity contribution in [3.63, 3.8) is 0 Å². The molecule has 1 fully saturated rings. The monoisotopic (exact) mass is 221 g/mol. The van der Waals surface area contributed by atoms with Gasteiger partial charge in [-0.3, -0.25) is 0 Å². The maximum atomic E-state index is 9.55. The Bertz CT molecular complexity index is 340. The molecular formula is C13H19NO2. The maximum absolute atomic E-state index is 9.55. The van der Waals surface area contributed by atoms with Gasteiger partial charge in [-0.25, -0.2) is 0 Å². The number of phenolic OH excluding ortho intramolecular Hbond substituents is 1. The van der Waals surface area contributed by atoms with Gasteiger partial charge in [0, 0.05) is 12.0 Å². The van der Waals surface area contributed by atoms with Crippen LogP contribution in [0.3, 0.4) is 0 Å². The number of phenols is 1. The van der Waals surface area contributed by atoms with Crippen LogP contribution in [-0.4, -0.2) is 29.9 Å². The van der Waals surface area contributed by atoms with Gasteiger partial charge in [0.2, 0.25) is 0 Å². The number of hydrogen-bond donors (Lipinski definition) is 3. The molecule has 0 unspecified atom stereocenters. The van der Waals surface area contributed by atoms with E-state index >= 15 is 0 Å². The highest BCUT2D eigenvalue weighted by Crippen LogP contribution is 2.37. The third kappa shape index (κ3) is 2.20. The number of hydrogen-bond acceptors (Lipinski definition) is 3. The first-order valence-electron chi connectivity index (χ1n) is 5.88. The summed E-state index contributed by atoms with van der Waals surface area (Å²) in [6.07, 6.45) is 2.83. The van der Waals surface area contributed by atoms with Crippen LogP contribution in [0, 0.1) is 0 Å². The molecule has 3 nitrogen and oxygen atoms in total. The van der Waals surface area contributed by atoms with E-state index in [0.29, 0.717) is 5.75 Å². The van der Waals surface area contributed by atoms with Crippen molar-refractivity contribution in [1.82, 2.24) is 5.32 Å². The summed E-state index contributed by atoms with van der Waals surface area (Å²) >= 11 is 0. The summed E-state index contributed by atoms with van der Waals surface area (Å²) in [7, 11) is 0. The molecule has 1 aliphatic rings. The summed E-state index contributed by atoms with van der Waals surface area (Å²) in [4.78, 5) is 0. The molecule has 1 heterocycles. The third-order valence-corrected chi connectivity index (χ3v) is 3.61. The SMILES string of the molecule is OCCC1(c2cccc(O)c2)CCNCC1. The van der Waals surface area contributed by atoms with Crippen molar-refractivity contribution in [2.24, 2.45) is 0 Å². The predicted molar refractivity (Wildman–Crippen MR) is 63.6 cm³/mol. The quantitative estimate of drug-likeness (QED) is 0.723. The summed E-state index contributed by atoms with van der Waals surface area (Å²) in [6, 6.07) is 7.46. The van der Waals surface area contributed by atoms with Crippen LogP contribution in [0.5, 0.6) is 5.75 Å². The van der Waals surface area contributed by atoms with Gasteiger partial charge >= 0.3 is 0 Å². The smallest absolute Gasteiger partial charge is 0.115 e. The molecule has 0 atom stereocenters. The number of aliphatic hydroxyl groups excluding tert-OH is 1. The number of aliphatic hydroxyl groups is 1. The van der Waals surface area contributed by atoms with Gasteiger partial charge in [0.15, 0.2) is 0 Å². The summed E-state index contributed by atoms with van der Waals surface area (Å²) in [6.45, 7) is 2.17. The Morgan fingerprint density at radius 2 is 2.00 bits per heavy atom. The standard InChI is InChI=1S/C13H19NO2/c15-9-6-13(4-7-14-8-5-13)11-2-1-3-12(16)10-11/h1-3,10,14-16H,4-9H2. The minimum atomic E-state index is 0.0404. The highest BCUT2D eigenvalue weighted by molar-refractivity contribution is 5.33. The highest BCUT2D eigenvalue weighted by atomic mass is 16.3. The van der Waals surface area contributed by atoms with Crippen molar-refractivity contribution in [3.8, 4) is 5.75 Å². The van der Waals surface area contributed by atoms with E-state index in [4.69, 9.17) is 0 Å². The molecule has 1 aromatic rings. The van der Waals surface area contributed by atoms with Gasteiger partial charge in [-0.15, -0.1) is 0 Å². The Morgan fingerprint density at radius 1 is 1.25 bits per heavy atom. The third-order valence-electron chi connectivity index (χ3n) is 3.61. The van der Waals surface area contributed by atoms with Crippen LogP contribution in [0.2, 0.25) is 0 Å². The minimum Gasteiger partial charge on any atom is -0.508 e. The molecule has 1 aliphatic heterocycles. The van der Waals surface area contributed by atoms with Gasteiger partial charge in [-0.2, -0.15) is 0 Å². The topological polar surface area (TPSA) is 52.5 Å². The van der Waals surface area contributed by atoms with Gasteiger partial charge in [0.05, 0.1) is 0 Å². The van der Waals surface area contributed by atoms with Gasteiger partial charge in [0.25, 0.3) is 0 Å². The molecule has 16 heavy (non-hydrogen) atoms. The Labute approximate surface area is 96.1 Å². The molecule has 88 valence electrons. The van der Waals surface area contributed by atoms with Crippen molar-refractivity contribution in [1.29, 1.82) is 0 Å². The number of rotatable bonds is 3. The number of aromatic hydroxyl groups is 1. The van der Waals surface area contributed by atoms with Gasteiger partial charge in [-0.05, 0) is 50.0 Å². The summed E-state index contributed by atoms with van der Waals surface area (Å²) in [5, 5.41) is 22.1. The lowest BCUT2D eigenvalue weighted by atomic mass is 9.71. The minimum absolute atomic E-state index is 0.0404. The largest absolute Gasteiger partial charge is 0.508 e. The lowest BCUT2D eigenvalue weighted by Crippen LogP contribution is -2.40. The van der Waals surface area contributed by atoms with Crippen LogP contribution in [-0.2, 0) is 5.41 Å². The predicted octanol–water partition coefficient (Wildman–Crippen LogP) is 1.40. The van der Waals surface area contributed by atoms with E-state index in [1.165, 1.54) is 0 Å². The fourth-order valence-electron chi connectivity index (χ4n) is 2.64. The molecule has 2 rings (SSSR count). The second kappa shape index (κ2) is 4.85. The van der Waals surface area contributed by atoms with Crippen molar-refractivity contribution in [2.75, 3.05) is 19.7 Å². The first-order chi connectivity index (χ1) is 7.77. The Balaban J connectivity index is 2.30. The molecule has 3 heteroatoms. The van der Waals surface area contributed by atoms with Crippen LogP contribution in [0.1, 0.15) is 24.8 Å². The maximum Gasteiger partial charge on any atom is 0.115 e. The van der Waals surface area contributed by atoms with E-state index in [9.17, 15) is 10.2 Å². The average molecular weight is 221 g/mol. The van der Waals surface area contributed by atoms with Crippen molar-refractivity contribution in [2.45, 2.75) is 24.7 Å². The van der Waals surface area contributed by atoms with E-state index in [1.807, 2.05) is 12.1 Å². The first-order valence-corrected chi connectivity index (χ1v) is 5.88. The van der Waals surface area contributed by atoms with E-state index in [-0.39, 0.29) is 12.0 Å². The summed E-state index contributed by atoms with van der Waals surface area (Å²) < 4.78 is 0. The number of nitrogens with one attached hydrogen (secondary N) is 1. The zero-order valence-electron chi connectivity index (χ0n) is 9.45. The van der Waals surface area contributed by atoms with Crippen molar-refractivity contribution < 1.29 is 10.2 Å². The first kappa shape index (κ1) is 11.4. The van der Waals surface area contributed by atoms with E-state index in [2.05, 4.69) is 11.4 Å². The van der Waals surface area contributed by atoms with Crippen LogP contribution >= 0.6 is 0 Å². The molecule has 0 aliphatic carbocycles. The highest BCUT2D eigenvalue weighted by Gasteiger charge is 2.33. The van der Waals surface area contributed by atoms with Crippen molar-refractivity contribution in [3.05, 3.63) is 29.8 Å². The van der Waals surface area contributed by atoms with E-state index < -0.39 is 0 Å². The Morgan fingerprint density at radius 3 is 2.62 bits per heavy atom. The molecule has 0 saturated carbocycles. The van der Waals surface area contributed by atoms with Crippen LogP contribution in [0.25, 0.3) is 0 Å². The molecule has 1 aromatic carbocycles. The zero-order chi connectivity index (χ0) is 11.4. The van der Waals surface area contributed by atoms with Gasteiger partial charge in [-0.1, -0.05) is 12.1 Å². The Hall–Kier alpha value is -1.06. The molecule has 1 saturated heterocycles. The molecule has 0 radical (unpaired) electrons. The lowest BCUT2D eigenvalue weighted by Gasteiger charge is -2.38. The van der Waals surface area contributed by atoms with Crippen LogP contribution in [0.4, 0.5) is 0 Å². The number of benzene rings is 1. The molecule has 0 spiro atoms. The molecule has 0 aromatic heterocycles. The summed E-state index contributed by atoms with van der Waals surface area (Å²) in [5.74, 6) is 0.313. The second-order valence-corrected chi connectivity index (χ2v) is 4.55. The van der Waals surface area contributed by atoms with Gasteiger partial charge in [0.1, 0.15) is 5.75 Å². The molecular weight excluding hydrogens is 202 g/mol. The second-order valence-electron chi connectivity index (χ2n) is 4.55. The normalized spacial score (nSPS) is 19.6. The summed E-state index contributed by atoms with van der Waals surface area (Å²) in [5.41, 5.74) is 1.20. The van der Waals surface area contributed by atoms with Crippen molar-refractivity contribution >= 4 is 0 Å². The zero-order valence-corrected chi connectivity index (χ0v) is 9.45. The average Bonchev–Trinajstić information content (AvgIpc) is 2.31. The fourth-order valence-corrected chi connectivity index (χ4v) is 2.64. The van der Waals surface area contributed by atoms with E-state index in [0.717, 1.165) is 37.9 Å². The fraction of sp³-hybridized carbons (Fsp3) is 0.538. The van der Waals surface area contributed by atoms with E-state index in [1.54, 1.807) is 6.07 Å². The van der Waals surface area contributed by atoms with Crippen LogP contribution < -0.4 is 5.32 Å². The van der Waals surface area contributed by atoms with Crippen LogP contribution in [0.15, 0.2) is 24.3 Å². The molecule has 3 N–H and O–H groups in total. The number of piperidine rings is 1. The Kier molecular flexibility index (Phi) is 3.46. The molecule has 0 amide bonds. The molecule has 0 bridgehead atoms.